The van der Waals surface area contributed by atoms with Crippen molar-refractivity contribution in [1.29, 1.82) is 0 Å². The van der Waals surface area contributed by atoms with Gasteiger partial charge in [0, 0.05) is 63.5 Å². The van der Waals surface area contributed by atoms with E-state index in [0.717, 1.165) is 61.4 Å². The zero-order valence-corrected chi connectivity index (χ0v) is 20.0. The van der Waals surface area contributed by atoms with E-state index in [1.807, 2.05) is 24.1 Å². The number of carbonyl (C=O) groups excluding carboxylic acids is 1. The van der Waals surface area contributed by atoms with Crippen LogP contribution in [-0.4, -0.2) is 77.6 Å². The molecule has 0 spiro atoms. The summed E-state index contributed by atoms with van der Waals surface area (Å²) in [6, 6.07) is 6.15. The Morgan fingerprint density at radius 3 is 2.65 bits per heavy atom. The Morgan fingerprint density at radius 2 is 1.91 bits per heavy atom. The third-order valence-electron chi connectivity index (χ3n) is 7.46. The first-order chi connectivity index (χ1) is 16.6. The van der Waals surface area contributed by atoms with Gasteiger partial charge in [-0.25, -0.2) is 14.4 Å². The molecule has 0 radical (unpaired) electrons. The number of ether oxygens (including phenoxy) is 1. The molecule has 0 N–H and O–H groups in total. The summed E-state index contributed by atoms with van der Waals surface area (Å²) in [5, 5.41) is 0. The number of hydrogen-bond donors (Lipinski definition) is 0. The van der Waals surface area contributed by atoms with Gasteiger partial charge in [-0.1, -0.05) is 18.1 Å². The van der Waals surface area contributed by atoms with Gasteiger partial charge in [0.1, 0.15) is 12.4 Å². The zero-order valence-electron chi connectivity index (χ0n) is 20.0. The summed E-state index contributed by atoms with van der Waals surface area (Å²) in [4.78, 5) is 29.1. The number of aryl methyl sites for hydroxylation is 1. The summed E-state index contributed by atoms with van der Waals surface area (Å²) in [5.41, 5.74) is 3.61. The Balaban J connectivity index is 1.16. The molecule has 7 nitrogen and oxygen atoms in total. The first-order valence-electron chi connectivity index (χ1n) is 12.5. The minimum Gasteiger partial charge on any atom is -0.483 e. The number of benzene rings is 1. The Labute approximate surface area is 200 Å². The first kappa shape index (κ1) is 23.0. The molecule has 0 unspecified atom stereocenters. The van der Waals surface area contributed by atoms with Crippen LogP contribution in [0.25, 0.3) is 0 Å². The minimum atomic E-state index is -0.610. The number of halogens is 1. The third kappa shape index (κ3) is 5.02. The number of rotatable bonds is 6. The molecule has 34 heavy (non-hydrogen) atoms. The van der Waals surface area contributed by atoms with Gasteiger partial charge in [0.25, 0.3) is 5.91 Å². The monoisotopic (exact) mass is 467 g/mol. The average molecular weight is 468 g/mol. The highest BCUT2D eigenvalue weighted by molar-refractivity contribution is 5.78. The summed E-state index contributed by atoms with van der Waals surface area (Å²) in [7, 11) is 0. The molecular weight excluding hydrogens is 433 g/mol. The quantitative estimate of drug-likeness (QED) is 0.651. The Morgan fingerprint density at radius 1 is 1.12 bits per heavy atom. The molecule has 0 bridgehead atoms. The summed E-state index contributed by atoms with van der Waals surface area (Å²) in [6.45, 7) is 6.53. The summed E-state index contributed by atoms with van der Waals surface area (Å²) in [6.07, 6.45) is 7.45. The van der Waals surface area contributed by atoms with Crippen LogP contribution in [0.4, 0.5) is 10.3 Å². The van der Waals surface area contributed by atoms with Crippen molar-refractivity contribution in [3.8, 4) is 5.75 Å². The molecule has 1 saturated heterocycles. The van der Waals surface area contributed by atoms with E-state index in [9.17, 15) is 9.18 Å². The van der Waals surface area contributed by atoms with E-state index in [4.69, 9.17) is 9.72 Å². The molecule has 0 atom stereocenters. The van der Waals surface area contributed by atoms with E-state index in [0.29, 0.717) is 30.8 Å². The number of piperazine rings is 1. The van der Waals surface area contributed by atoms with Crippen molar-refractivity contribution in [3.05, 3.63) is 46.8 Å². The summed E-state index contributed by atoms with van der Waals surface area (Å²) < 4.78 is 19.0. The highest BCUT2D eigenvalue weighted by Crippen LogP contribution is 2.26. The van der Waals surface area contributed by atoms with Crippen LogP contribution in [0.1, 0.15) is 41.6 Å². The van der Waals surface area contributed by atoms with E-state index in [2.05, 4.69) is 14.8 Å². The van der Waals surface area contributed by atoms with Crippen LogP contribution in [0, 0.1) is 6.92 Å². The molecule has 1 amide bonds. The highest BCUT2D eigenvalue weighted by Gasteiger charge is 2.29. The predicted octanol–water partition coefficient (Wildman–Crippen LogP) is 2.94. The summed E-state index contributed by atoms with van der Waals surface area (Å²) in [5.74, 6) is 1.17. The van der Waals surface area contributed by atoms with Crippen LogP contribution in [0.3, 0.4) is 0 Å². The van der Waals surface area contributed by atoms with Crippen molar-refractivity contribution in [2.75, 3.05) is 50.8 Å². The molecule has 2 fully saturated rings. The standard InChI is InChI=1S/C26H34FN5O2/c1-19-5-6-24(21(15-19)16-27)34-18-25(33)31-9-7-20-17-28-26(29-23(20)8-10-31)32-13-11-30(12-14-32)22-3-2-4-22/h5-6,15,17,22H,2-4,7-14,16,18H2,1H3. The molecule has 182 valence electrons. The molecule has 1 saturated carbocycles. The second-order valence-electron chi connectivity index (χ2n) is 9.66. The molecular formula is C26H34FN5O2. The number of alkyl halides is 1. The van der Waals surface area contributed by atoms with Crippen molar-refractivity contribution < 1.29 is 13.9 Å². The maximum atomic E-state index is 13.3. The fourth-order valence-corrected chi connectivity index (χ4v) is 5.09. The molecule has 1 aromatic heterocycles. The average Bonchev–Trinajstić information content (AvgIpc) is 3.04. The van der Waals surface area contributed by atoms with Crippen LogP contribution >= 0.6 is 0 Å². The maximum Gasteiger partial charge on any atom is 0.260 e. The second kappa shape index (κ2) is 10.3. The zero-order chi connectivity index (χ0) is 23.5. The van der Waals surface area contributed by atoms with Crippen molar-refractivity contribution in [3.63, 3.8) is 0 Å². The minimum absolute atomic E-state index is 0.0847. The first-order valence-corrected chi connectivity index (χ1v) is 12.5. The van der Waals surface area contributed by atoms with E-state index in [1.54, 1.807) is 12.1 Å². The number of nitrogens with zero attached hydrogens (tertiary/aromatic N) is 5. The van der Waals surface area contributed by atoms with Crippen LogP contribution in [0.2, 0.25) is 0 Å². The largest absolute Gasteiger partial charge is 0.483 e. The number of amides is 1. The topological polar surface area (TPSA) is 61.8 Å². The van der Waals surface area contributed by atoms with Gasteiger partial charge in [-0.3, -0.25) is 9.69 Å². The number of hydrogen-bond acceptors (Lipinski definition) is 6. The molecule has 2 aliphatic heterocycles. The van der Waals surface area contributed by atoms with Crippen LogP contribution in [0.15, 0.2) is 24.4 Å². The second-order valence-corrected chi connectivity index (χ2v) is 9.66. The molecule has 3 heterocycles. The SMILES string of the molecule is Cc1ccc(OCC(=O)N2CCc3cnc(N4CCN(C5CCC5)CC4)nc3CC2)c(CF)c1. The Hall–Kier alpha value is -2.74. The van der Waals surface area contributed by atoms with Crippen molar-refractivity contribution in [1.82, 2.24) is 19.8 Å². The smallest absolute Gasteiger partial charge is 0.260 e. The molecule has 3 aliphatic rings. The number of anilines is 1. The Bertz CT molecular complexity index is 1020. The highest BCUT2D eigenvalue weighted by atomic mass is 19.1. The van der Waals surface area contributed by atoms with Gasteiger partial charge in [0.05, 0.1) is 5.69 Å². The maximum absolute atomic E-state index is 13.3. The third-order valence-corrected chi connectivity index (χ3v) is 7.46. The van der Waals surface area contributed by atoms with Gasteiger partial charge in [-0.05, 0) is 43.9 Å². The van der Waals surface area contributed by atoms with E-state index >= 15 is 0 Å². The van der Waals surface area contributed by atoms with E-state index < -0.39 is 6.67 Å². The fourth-order valence-electron chi connectivity index (χ4n) is 5.09. The molecule has 8 heteroatoms. The number of aromatic nitrogens is 2. The van der Waals surface area contributed by atoms with Crippen molar-refractivity contribution in [2.24, 2.45) is 0 Å². The van der Waals surface area contributed by atoms with Crippen LogP contribution in [0.5, 0.6) is 5.75 Å². The molecule has 2 aromatic rings. The van der Waals surface area contributed by atoms with Crippen molar-refractivity contribution >= 4 is 11.9 Å². The lowest BCUT2D eigenvalue weighted by atomic mass is 9.91. The number of carbonyl (C=O) groups is 1. The summed E-state index contributed by atoms with van der Waals surface area (Å²) >= 11 is 0. The van der Waals surface area contributed by atoms with Crippen molar-refractivity contribution in [2.45, 2.75) is 51.7 Å². The van der Waals surface area contributed by atoms with Gasteiger partial charge in [0.15, 0.2) is 6.61 Å². The lowest BCUT2D eigenvalue weighted by Gasteiger charge is -2.43. The molecule has 1 aromatic carbocycles. The van der Waals surface area contributed by atoms with Gasteiger partial charge >= 0.3 is 0 Å². The normalized spacial score (nSPS) is 19.4. The lowest BCUT2D eigenvalue weighted by molar-refractivity contribution is -0.133. The molecule has 5 rings (SSSR count). The number of fused-ring (bicyclic) bond motifs is 1. The van der Waals surface area contributed by atoms with Gasteiger partial charge in [-0.15, -0.1) is 0 Å². The van der Waals surface area contributed by atoms with Gasteiger partial charge in [-0.2, -0.15) is 0 Å². The predicted molar refractivity (Wildman–Crippen MR) is 129 cm³/mol. The van der Waals surface area contributed by atoms with E-state index in [1.165, 1.54) is 19.3 Å². The Kier molecular flexibility index (Phi) is 6.94. The van der Waals surface area contributed by atoms with Gasteiger partial charge in [0.2, 0.25) is 5.95 Å². The lowest BCUT2D eigenvalue weighted by Crippen LogP contribution is -2.52. The fraction of sp³-hybridized carbons (Fsp3) is 0.577. The van der Waals surface area contributed by atoms with E-state index in [-0.39, 0.29) is 12.5 Å². The van der Waals surface area contributed by atoms with Gasteiger partial charge < -0.3 is 14.5 Å². The molecule has 1 aliphatic carbocycles. The van der Waals surface area contributed by atoms with Crippen LogP contribution in [-0.2, 0) is 24.3 Å². The van der Waals surface area contributed by atoms with Crippen LogP contribution < -0.4 is 9.64 Å².